The predicted molar refractivity (Wildman–Crippen MR) is 129 cm³/mol. The van der Waals surface area contributed by atoms with Gasteiger partial charge in [0.25, 0.3) is 11.5 Å². The van der Waals surface area contributed by atoms with Gasteiger partial charge < -0.3 is 10.6 Å². The molecule has 0 spiro atoms. The van der Waals surface area contributed by atoms with Crippen LogP contribution >= 0.6 is 0 Å². The molecule has 3 rings (SSSR count). The van der Waals surface area contributed by atoms with E-state index in [1.807, 2.05) is 20.8 Å². The molecule has 1 fully saturated rings. The summed E-state index contributed by atoms with van der Waals surface area (Å²) in [6.07, 6.45) is 1.96. The lowest BCUT2D eigenvalue weighted by Crippen LogP contribution is -2.42. The molecule has 1 amide bonds. The van der Waals surface area contributed by atoms with Gasteiger partial charge in [-0.1, -0.05) is 27.2 Å². The van der Waals surface area contributed by atoms with Gasteiger partial charge in [-0.25, -0.2) is 13.2 Å². The van der Waals surface area contributed by atoms with E-state index in [2.05, 4.69) is 4.98 Å². The van der Waals surface area contributed by atoms with E-state index in [0.717, 1.165) is 6.42 Å². The predicted octanol–water partition coefficient (Wildman–Crippen LogP) is 1.76. The van der Waals surface area contributed by atoms with Crippen molar-refractivity contribution >= 4 is 33.1 Å². The maximum absolute atomic E-state index is 13.4. The lowest BCUT2D eigenvalue weighted by Gasteiger charge is -2.25. The smallest absolute Gasteiger partial charge is 0.330 e. The first-order valence-corrected chi connectivity index (χ1v) is 12.7. The first-order valence-electron chi connectivity index (χ1n) is 11.1. The highest BCUT2D eigenvalue weighted by atomic mass is 32.2. The summed E-state index contributed by atoms with van der Waals surface area (Å²) >= 11 is 0. The third-order valence-electron chi connectivity index (χ3n) is 5.51. The van der Waals surface area contributed by atoms with Crippen molar-refractivity contribution in [3.8, 4) is 0 Å². The number of carbonyl (C=O) groups excluding carboxylic acids is 1. The molecule has 180 valence electrons. The molecule has 1 aliphatic rings. The fourth-order valence-corrected chi connectivity index (χ4v) is 5.44. The van der Waals surface area contributed by atoms with Crippen LogP contribution < -0.4 is 26.2 Å². The van der Waals surface area contributed by atoms with E-state index >= 15 is 0 Å². The molecule has 0 atom stereocenters. The summed E-state index contributed by atoms with van der Waals surface area (Å²) in [6, 6.07) is 6.25. The van der Waals surface area contributed by atoms with Gasteiger partial charge in [0.1, 0.15) is 5.82 Å². The van der Waals surface area contributed by atoms with Gasteiger partial charge in [-0.3, -0.25) is 23.4 Å². The normalized spacial score (nSPS) is 15.2. The molecule has 3 N–H and O–H groups in total. The number of carbonyl (C=O) groups is 1. The fraction of sp³-hybridized carbons (Fsp3) is 0.500. The Bertz CT molecular complexity index is 1230. The Balaban J connectivity index is 2.01. The third-order valence-corrected chi connectivity index (χ3v) is 7.38. The molecular weight excluding hydrogens is 446 g/mol. The van der Waals surface area contributed by atoms with Crippen molar-refractivity contribution < 1.29 is 13.2 Å². The van der Waals surface area contributed by atoms with Gasteiger partial charge in [0, 0.05) is 25.2 Å². The summed E-state index contributed by atoms with van der Waals surface area (Å²) in [5, 5.41) is 0. The van der Waals surface area contributed by atoms with Crippen molar-refractivity contribution in [3.05, 3.63) is 50.7 Å². The fourth-order valence-electron chi connectivity index (χ4n) is 3.87. The zero-order chi connectivity index (χ0) is 24.3. The number of rotatable bonds is 8. The van der Waals surface area contributed by atoms with E-state index in [1.165, 1.54) is 13.8 Å². The molecule has 2 heterocycles. The number of nitrogen functional groups attached to an aromatic ring is 1. The van der Waals surface area contributed by atoms with Gasteiger partial charge in [-0.2, -0.15) is 0 Å². The maximum atomic E-state index is 13.4. The standard InChI is InChI=1S/C22H31N5O5S/c1-4-5-11-25(18-19(23)26(14-15(2)3)22(30)24-20(18)28)21(29)16-7-9-17(10-8-16)27-12-6-13-33(27,31)32/h7-10,15H,4-6,11-14,23H2,1-3H3,(H,24,28,30). The van der Waals surface area contributed by atoms with E-state index in [4.69, 9.17) is 5.73 Å². The Labute approximate surface area is 193 Å². The molecule has 0 unspecified atom stereocenters. The zero-order valence-electron chi connectivity index (χ0n) is 19.2. The lowest BCUT2D eigenvalue weighted by atomic mass is 10.1. The van der Waals surface area contributed by atoms with Gasteiger partial charge in [-0.15, -0.1) is 0 Å². The van der Waals surface area contributed by atoms with Crippen molar-refractivity contribution in [2.45, 2.75) is 46.6 Å². The zero-order valence-corrected chi connectivity index (χ0v) is 20.0. The average Bonchev–Trinajstić information content (AvgIpc) is 3.11. The number of sulfonamides is 1. The summed E-state index contributed by atoms with van der Waals surface area (Å²) in [7, 11) is -3.33. The highest BCUT2D eigenvalue weighted by Crippen LogP contribution is 2.26. The molecule has 33 heavy (non-hydrogen) atoms. The lowest BCUT2D eigenvalue weighted by molar-refractivity contribution is 0.0986. The highest BCUT2D eigenvalue weighted by Gasteiger charge is 2.29. The number of nitrogens with zero attached hydrogens (tertiary/aromatic N) is 3. The number of benzene rings is 1. The van der Waals surface area contributed by atoms with Crippen LogP contribution in [0.15, 0.2) is 33.9 Å². The van der Waals surface area contributed by atoms with Crippen LogP contribution in [0.2, 0.25) is 0 Å². The molecule has 0 bridgehead atoms. The second-order valence-corrected chi connectivity index (χ2v) is 10.6. The summed E-state index contributed by atoms with van der Waals surface area (Å²) in [4.78, 5) is 42.0. The van der Waals surface area contributed by atoms with Crippen molar-refractivity contribution in [2.24, 2.45) is 5.92 Å². The molecule has 1 aromatic heterocycles. The van der Waals surface area contributed by atoms with Crippen LogP contribution in [0.5, 0.6) is 0 Å². The van der Waals surface area contributed by atoms with E-state index in [9.17, 15) is 22.8 Å². The van der Waals surface area contributed by atoms with Crippen molar-refractivity contribution in [2.75, 3.05) is 33.8 Å². The first kappa shape index (κ1) is 24.6. The van der Waals surface area contributed by atoms with Crippen LogP contribution in [0.4, 0.5) is 17.2 Å². The maximum Gasteiger partial charge on any atom is 0.330 e. The van der Waals surface area contributed by atoms with E-state index in [0.29, 0.717) is 31.6 Å². The minimum absolute atomic E-state index is 0.0540. The molecule has 0 saturated carbocycles. The van der Waals surface area contributed by atoms with Crippen LogP contribution in [0.1, 0.15) is 50.4 Å². The summed E-state index contributed by atoms with van der Waals surface area (Å²) in [5.74, 6) is -0.307. The number of aromatic amines is 1. The summed E-state index contributed by atoms with van der Waals surface area (Å²) < 4.78 is 27.0. The molecule has 1 saturated heterocycles. The van der Waals surface area contributed by atoms with Crippen molar-refractivity contribution in [1.82, 2.24) is 9.55 Å². The molecule has 1 aliphatic heterocycles. The molecule has 0 radical (unpaired) electrons. The number of unbranched alkanes of at least 4 members (excludes halogenated alkanes) is 1. The highest BCUT2D eigenvalue weighted by molar-refractivity contribution is 7.93. The average molecular weight is 478 g/mol. The molecule has 11 heteroatoms. The Kier molecular flexibility index (Phi) is 7.31. The van der Waals surface area contributed by atoms with E-state index < -0.39 is 27.2 Å². The number of hydrogen-bond donors (Lipinski definition) is 2. The second kappa shape index (κ2) is 9.82. The number of H-pyrrole nitrogens is 1. The van der Waals surface area contributed by atoms with Gasteiger partial charge in [0.05, 0.1) is 11.4 Å². The number of anilines is 3. The quantitative estimate of drug-likeness (QED) is 0.594. The van der Waals surface area contributed by atoms with Crippen LogP contribution in [-0.2, 0) is 16.6 Å². The first-order chi connectivity index (χ1) is 15.6. The van der Waals surface area contributed by atoms with Crippen LogP contribution in [0.25, 0.3) is 0 Å². The molecule has 10 nitrogen and oxygen atoms in total. The van der Waals surface area contributed by atoms with Crippen LogP contribution in [0, 0.1) is 5.92 Å². The van der Waals surface area contributed by atoms with Gasteiger partial charge in [0.15, 0.2) is 5.69 Å². The summed E-state index contributed by atoms with van der Waals surface area (Å²) in [5.41, 5.74) is 5.62. The number of aromatic nitrogens is 2. The van der Waals surface area contributed by atoms with Crippen molar-refractivity contribution in [3.63, 3.8) is 0 Å². The van der Waals surface area contributed by atoms with Crippen LogP contribution in [0.3, 0.4) is 0 Å². The van der Waals surface area contributed by atoms with Gasteiger partial charge >= 0.3 is 5.69 Å². The Morgan fingerprint density at radius 2 is 1.88 bits per heavy atom. The number of nitrogens with two attached hydrogens (primary N) is 1. The van der Waals surface area contributed by atoms with E-state index in [-0.39, 0.29) is 35.3 Å². The van der Waals surface area contributed by atoms with Crippen LogP contribution in [-0.4, -0.2) is 42.7 Å². The monoisotopic (exact) mass is 477 g/mol. The molecular formula is C22H31N5O5S. The SMILES string of the molecule is CCCCN(C(=O)c1ccc(N2CCCS2(=O)=O)cc1)c1c(N)n(CC(C)C)c(=O)[nH]c1=O. The number of nitrogens with one attached hydrogen (secondary N) is 1. The Morgan fingerprint density at radius 1 is 1.21 bits per heavy atom. The topological polar surface area (TPSA) is 139 Å². The van der Waals surface area contributed by atoms with Gasteiger partial charge in [-0.05, 0) is 43.0 Å². The van der Waals surface area contributed by atoms with Gasteiger partial charge in [0.2, 0.25) is 10.0 Å². The number of hydrogen-bond acceptors (Lipinski definition) is 6. The van der Waals surface area contributed by atoms with Crippen molar-refractivity contribution in [1.29, 1.82) is 0 Å². The molecule has 0 aliphatic carbocycles. The third kappa shape index (κ3) is 5.13. The summed E-state index contributed by atoms with van der Waals surface area (Å²) in [6.45, 7) is 6.73. The number of amides is 1. The Morgan fingerprint density at radius 3 is 2.42 bits per heavy atom. The molecule has 2 aromatic rings. The Hall–Kier alpha value is -3.08. The second-order valence-electron chi connectivity index (χ2n) is 8.60. The minimum Gasteiger partial charge on any atom is -0.383 e. The largest absolute Gasteiger partial charge is 0.383 e. The molecule has 1 aromatic carbocycles. The van der Waals surface area contributed by atoms with E-state index in [1.54, 1.807) is 24.3 Å². The minimum atomic E-state index is -3.33.